The molecule has 0 unspecified atom stereocenters. The van der Waals surface area contributed by atoms with Crippen LogP contribution in [0.2, 0.25) is 5.15 Å². The summed E-state index contributed by atoms with van der Waals surface area (Å²) < 4.78 is 0. The van der Waals surface area contributed by atoms with Crippen molar-refractivity contribution in [2.45, 2.75) is 40.2 Å². The van der Waals surface area contributed by atoms with Gasteiger partial charge in [0.15, 0.2) is 0 Å². The van der Waals surface area contributed by atoms with Gasteiger partial charge in [0.05, 0.1) is 12.0 Å². The zero-order valence-corrected chi connectivity index (χ0v) is 12.8. The molecule has 5 heteroatoms. The van der Waals surface area contributed by atoms with E-state index >= 15 is 0 Å². The summed E-state index contributed by atoms with van der Waals surface area (Å²) in [7, 11) is 0. The Morgan fingerprint density at radius 1 is 1.45 bits per heavy atom. The van der Waals surface area contributed by atoms with Gasteiger partial charge in [0.2, 0.25) is 11.8 Å². The first kappa shape index (κ1) is 15.0. The standard InChI is InChI=1S/C15H19ClN2O2/c1-10(2)7-15(3)8-12(19)18(14(15)20)9-11-5-4-6-17-13(11)16/h4-6,10H,7-9H2,1-3H3/t15-/m0/s1. The number of nitrogens with zero attached hydrogens (tertiary/aromatic N) is 2. The Hall–Kier alpha value is -1.42. The zero-order chi connectivity index (χ0) is 14.9. The molecule has 1 saturated heterocycles. The van der Waals surface area contributed by atoms with E-state index in [9.17, 15) is 9.59 Å². The third-order valence-corrected chi connectivity index (χ3v) is 3.97. The Labute approximate surface area is 124 Å². The summed E-state index contributed by atoms with van der Waals surface area (Å²) in [5.41, 5.74) is 0.115. The van der Waals surface area contributed by atoms with Crippen molar-refractivity contribution >= 4 is 23.4 Å². The molecule has 1 aliphatic heterocycles. The predicted molar refractivity (Wildman–Crippen MR) is 77.0 cm³/mol. The number of pyridine rings is 1. The predicted octanol–water partition coefficient (Wildman–Crippen LogP) is 3.05. The molecule has 1 aromatic rings. The lowest BCUT2D eigenvalue weighted by Crippen LogP contribution is -2.34. The van der Waals surface area contributed by atoms with Gasteiger partial charge in [-0.2, -0.15) is 0 Å². The van der Waals surface area contributed by atoms with E-state index in [4.69, 9.17) is 11.6 Å². The van der Waals surface area contributed by atoms with Gasteiger partial charge in [0.25, 0.3) is 0 Å². The van der Waals surface area contributed by atoms with Crippen molar-refractivity contribution in [1.82, 2.24) is 9.88 Å². The molecular weight excluding hydrogens is 276 g/mol. The number of hydrogen-bond donors (Lipinski definition) is 0. The van der Waals surface area contributed by atoms with Crippen molar-refractivity contribution in [3.05, 3.63) is 29.0 Å². The molecule has 1 aromatic heterocycles. The van der Waals surface area contributed by atoms with Gasteiger partial charge in [-0.25, -0.2) is 4.98 Å². The Kier molecular flexibility index (Phi) is 4.14. The lowest BCUT2D eigenvalue weighted by molar-refractivity contribution is -0.142. The molecule has 108 valence electrons. The maximum absolute atomic E-state index is 12.5. The normalized spacial score (nSPS) is 22.9. The van der Waals surface area contributed by atoms with E-state index < -0.39 is 5.41 Å². The molecule has 4 nitrogen and oxygen atoms in total. The summed E-state index contributed by atoms with van der Waals surface area (Å²) in [6, 6.07) is 3.54. The highest BCUT2D eigenvalue weighted by Gasteiger charge is 2.48. The average molecular weight is 295 g/mol. The van der Waals surface area contributed by atoms with E-state index in [-0.39, 0.29) is 24.8 Å². The van der Waals surface area contributed by atoms with Gasteiger partial charge in [-0.1, -0.05) is 38.4 Å². The second-order valence-corrected chi connectivity index (χ2v) is 6.43. The van der Waals surface area contributed by atoms with Gasteiger partial charge in [0, 0.05) is 18.2 Å². The number of amides is 2. The minimum atomic E-state index is -0.583. The molecule has 0 spiro atoms. The summed E-state index contributed by atoms with van der Waals surface area (Å²) in [5.74, 6) is 0.146. The molecule has 1 aliphatic rings. The summed E-state index contributed by atoms with van der Waals surface area (Å²) in [6.07, 6.45) is 2.58. The second kappa shape index (κ2) is 5.52. The van der Waals surface area contributed by atoms with Crippen LogP contribution in [0.3, 0.4) is 0 Å². The number of carbonyl (C=O) groups excluding carboxylic acids is 2. The minimum absolute atomic E-state index is 0.101. The molecule has 1 fully saturated rings. The third-order valence-electron chi connectivity index (χ3n) is 3.63. The second-order valence-electron chi connectivity index (χ2n) is 6.07. The number of rotatable bonds is 4. The third kappa shape index (κ3) is 2.85. The van der Waals surface area contributed by atoms with Gasteiger partial charge in [-0.15, -0.1) is 0 Å². The fraction of sp³-hybridized carbons (Fsp3) is 0.533. The highest BCUT2D eigenvalue weighted by molar-refractivity contribution is 6.30. The number of hydrogen-bond acceptors (Lipinski definition) is 3. The van der Waals surface area contributed by atoms with Crippen molar-refractivity contribution in [2.24, 2.45) is 11.3 Å². The quantitative estimate of drug-likeness (QED) is 0.633. The van der Waals surface area contributed by atoms with Crippen LogP contribution in [-0.4, -0.2) is 21.7 Å². The highest BCUT2D eigenvalue weighted by Crippen LogP contribution is 2.39. The van der Waals surface area contributed by atoms with Crippen molar-refractivity contribution in [3.8, 4) is 0 Å². The van der Waals surface area contributed by atoms with Crippen LogP contribution >= 0.6 is 11.6 Å². The van der Waals surface area contributed by atoms with Crippen molar-refractivity contribution < 1.29 is 9.59 Å². The van der Waals surface area contributed by atoms with Crippen LogP contribution in [0.25, 0.3) is 0 Å². The monoisotopic (exact) mass is 294 g/mol. The number of imide groups is 1. The summed E-state index contributed by atoms with van der Waals surface area (Å²) in [6.45, 7) is 6.20. The number of likely N-dealkylation sites (tertiary alicyclic amines) is 1. The van der Waals surface area contributed by atoms with E-state index in [0.29, 0.717) is 16.6 Å². The molecule has 0 saturated carbocycles. The first-order chi connectivity index (χ1) is 9.33. The SMILES string of the molecule is CC(C)C[C@@]1(C)CC(=O)N(Cc2cccnc2Cl)C1=O. The average Bonchev–Trinajstić information content (AvgIpc) is 2.54. The Bertz CT molecular complexity index is 544. The van der Waals surface area contributed by atoms with E-state index in [1.807, 2.05) is 6.92 Å². The zero-order valence-electron chi connectivity index (χ0n) is 12.0. The van der Waals surface area contributed by atoms with E-state index in [2.05, 4.69) is 18.8 Å². The van der Waals surface area contributed by atoms with Crippen LogP contribution in [0.1, 0.15) is 39.2 Å². The first-order valence-corrected chi connectivity index (χ1v) is 7.15. The number of aromatic nitrogens is 1. The van der Waals surface area contributed by atoms with Crippen molar-refractivity contribution in [3.63, 3.8) is 0 Å². The molecule has 0 N–H and O–H groups in total. The van der Waals surface area contributed by atoms with E-state index in [1.54, 1.807) is 18.3 Å². The van der Waals surface area contributed by atoms with Gasteiger partial charge < -0.3 is 0 Å². The first-order valence-electron chi connectivity index (χ1n) is 6.77. The van der Waals surface area contributed by atoms with Crippen LogP contribution in [-0.2, 0) is 16.1 Å². The van der Waals surface area contributed by atoms with Crippen LogP contribution in [0.15, 0.2) is 18.3 Å². The van der Waals surface area contributed by atoms with E-state index in [1.165, 1.54) is 4.90 Å². The lowest BCUT2D eigenvalue weighted by atomic mass is 9.80. The molecule has 2 heterocycles. The molecule has 2 rings (SSSR count). The Morgan fingerprint density at radius 3 is 2.75 bits per heavy atom. The summed E-state index contributed by atoms with van der Waals surface area (Å²) >= 11 is 5.99. The minimum Gasteiger partial charge on any atom is -0.278 e. The van der Waals surface area contributed by atoms with Crippen LogP contribution in [0.4, 0.5) is 0 Å². The van der Waals surface area contributed by atoms with Gasteiger partial charge in [0.1, 0.15) is 5.15 Å². The van der Waals surface area contributed by atoms with Crippen LogP contribution in [0, 0.1) is 11.3 Å². The van der Waals surface area contributed by atoms with Gasteiger partial charge in [-0.3, -0.25) is 14.5 Å². The Balaban J connectivity index is 2.20. The Morgan fingerprint density at radius 2 is 2.15 bits per heavy atom. The fourth-order valence-corrected chi connectivity index (χ4v) is 3.05. The van der Waals surface area contributed by atoms with E-state index in [0.717, 1.165) is 6.42 Å². The van der Waals surface area contributed by atoms with Gasteiger partial charge in [-0.05, 0) is 18.4 Å². The van der Waals surface area contributed by atoms with Crippen molar-refractivity contribution in [2.75, 3.05) is 0 Å². The fourth-order valence-electron chi connectivity index (χ4n) is 2.87. The van der Waals surface area contributed by atoms with Crippen molar-refractivity contribution in [1.29, 1.82) is 0 Å². The summed E-state index contributed by atoms with van der Waals surface area (Å²) in [5, 5.41) is 0.338. The molecule has 0 aromatic carbocycles. The molecule has 1 atom stereocenters. The number of carbonyl (C=O) groups is 2. The highest BCUT2D eigenvalue weighted by atomic mass is 35.5. The summed E-state index contributed by atoms with van der Waals surface area (Å²) in [4.78, 5) is 30.0. The van der Waals surface area contributed by atoms with Crippen LogP contribution in [0.5, 0.6) is 0 Å². The largest absolute Gasteiger partial charge is 0.278 e. The molecule has 20 heavy (non-hydrogen) atoms. The maximum atomic E-state index is 12.5. The number of halogens is 1. The van der Waals surface area contributed by atoms with Crippen LogP contribution < -0.4 is 0 Å². The maximum Gasteiger partial charge on any atom is 0.235 e. The lowest BCUT2D eigenvalue weighted by Gasteiger charge is -2.24. The molecular formula is C15H19ClN2O2. The smallest absolute Gasteiger partial charge is 0.235 e. The molecule has 0 bridgehead atoms. The molecule has 0 radical (unpaired) electrons. The van der Waals surface area contributed by atoms with Gasteiger partial charge >= 0.3 is 0 Å². The molecule has 2 amide bonds. The topological polar surface area (TPSA) is 50.3 Å². The molecule has 0 aliphatic carbocycles.